The van der Waals surface area contributed by atoms with E-state index in [9.17, 15) is 19.8 Å². The molecule has 1 aliphatic carbocycles. The second-order valence-electron chi connectivity index (χ2n) is 11.0. The van der Waals surface area contributed by atoms with Gasteiger partial charge in [0.2, 0.25) is 0 Å². The number of rotatable bonds is 14. The first-order valence-electron chi connectivity index (χ1n) is 15.3. The van der Waals surface area contributed by atoms with E-state index in [0.29, 0.717) is 11.5 Å². The van der Waals surface area contributed by atoms with E-state index in [1.807, 2.05) is 24.3 Å². The number of ether oxygens (including phenoxy) is 2. The average Bonchev–Trinajstić information content (AvgIpc) is 3.36. The predicted molar refractivity (Wildman–Crippen MR) is 176 cm³/mol. The van der Waals surface area contributed by atoms with Crippen molar-refractivity contribution in [3.63, 3.8) is 0 Å². The van der Waals surface area contributed by atoms with Gasteiger partial charge in [-0.15, -0.1) is 0 Å². The summed E-state index contributed by atoms with van der Waals surface area (Å²) in [6, 6.07) is 32.9. The summed E-state index contributed by atoms with van der Waals surface area (Å²) in [7, 11) is 0. The number of allylic oxidation sites excluding steroid dienone is 2. The number of fused-ring (bicyclic) bond motifs is 3. The van der Waals surface area contributed by atoms with Crippen molar-refractivity contribution in [1.29, 1.82) is 0 Å². The van der Waals surface area contributed by atoms with Gasteiger partial charge in [-0.1, -0.05) is 84.9 Å². The van der Waals surface area contributed by atoms with Crippen molar-refractivity contribution in [3.8, 4) is 22.6 Å². The first-order valence-corrected chi connectivity index (χ1v) is 15.3. The van der Waals surface area contributed by atoms with Gasteiger partial charge in [0.25, 0.3) is 0 Å². The van der Waals surface area contributed by atoms with Crippen molar-refractivity contribution in [3.05, 3.63) is 144 Å². The van der Waals surface area contributed by atoms with Gasteiger partial charge in [0.05, 0.1) is 18.6 Å². The average molecular weight is 603 g/mol. The maximum absolute atomic E-state index is 11.9. The minimum Gasteiger partial charge on any atom is -0.493 e. The lowest BCUT2D eigenvalue weighted by atomic mass is 9.68. The summed E-state index contributed by atoms with van der Waals surface area (Å²) in [5.41, 5.74) is 6.22. The summed E-state index contributed by atoms with van der Waals surface area (Å²) in [4.78, 5) is 23.7. The molecular formula is C39H38O6. The Balaban J connectivity index is 1.44. The van der Waals surface area contributed by atoms with Gasteiger partial charge in [0.1, 0.15) is 23.7 Å². The standard InChI is InChI=1S/C39H38O6/c1-3-9-35(40)37(42)23-25-44-29-19-15-27(16-20-29)39(33-13-7-5-11-31(33)32-12-6-8-14-34(32)39)28-17-21-30(22-18-28)45-26-24-38(43)36(41)10-4-2/h3-22,37-38,42-43H,23-26H2,1-2H3. The minimum atomic E-state index is -1.09. The van der Waals surface area contributed by atoms with Crippen LogP contribution in [0.25, 0.3) is 11.1 Å². The summed E-state index contributed by atoms with van der Waals surface area (Å²) in [5.74, 6) is 0.645. The molecule has 0 aromatic heterocycles. The van der Waals surface area contributed by atoms with Crippen LogP contribution >= 0.6 is 0 Å². The van der Waals surface area contributed by atoms with Crippen molar-refractivity contribution in [2.24, 2.45) is 0 Å². The topological polar surface area (TPSA) is 93.1 Å². The lowest BCUT2D eigenvalue weighted by molar-refractivity contribution is -0.123. The van der Waals surface area contributed by atoms with Crippen LogP contribution in [-0.2, 0) is 15.0 Å². The highest BCUT2D eigenvalue weighted by Crippen LogP contribution is 2.56. The van der Waals surface area contributed by atoms with Crippen LogP contribution in [0.3, 0.4) is 0 Å². The van der Waals surface area contributed by atoms with Gasteiger partial charge in [-0.25, -0.2) is 0 Å². The molecule has 6 nitrogen and oxygen atoms in total. The van der Waals surface area contributed by atoms with Crippen molar-refractivity contribution in [2.45, 2.75) is 44.3 Å². The number of hydrogen-bond acceptors (Lipinski definition) is 6. The zero-order valence-corrected chi connectivity index (χ0v) is 25.6. The van der Waals surface area contributed by atoms with Gasteiger partial charge in [-0.3, -0.25) is 9.59 Å². The maximum Gasteiger partial charge on any atom is 0.183 e. The monoisotopic (exact) mass is 602 g/mol. The summed E-state index contributed by atoms with van der Waals surface area (Å²) < 4.78 is 11.8. The first-order chi connectivity index (χ1) is 21.9. The van der Waals surface area contributed by atoms with Crippen LogP contribution in [0, 0.1) is 0 Å². The highest BCUT2D eigenvalue weighted by Gasteiger charge is 2.45. The number of benzene rings is 4. The third-order valence-electron chi connectivity index (χ3n) is 8.17. The normalized spacial score (nSPS) is 14.6. The Morgan fingerprint density at radius 2 is 1.00 bits per heavy atom. The second kappa shape index (κ2) is 14.3. The number of hydrogen-bond donors (Lipinski definition) is 2. The molecule has 5 rings (SSSR count). The molecule has 0 fully saturated rings. The Kier molecular flexibility index (Phi) is 10.1. The zero-order valence-electron chi connectivity index (χ0n) is 25.6. The molecule has 0 bridgehead atoms. The van der Waals surface area contributed by atoms with Crippen LogP contribution in [0.15, 0.2) is 121 Å². The van der Waals surface area contributed by atoms with Crippen LogP contribution in [-0.4, -0.2) is 47.2 Å². The van der Waals surface area contributed by atoms with Crippen molar-refractivity contribution in [2.75, 3.05) is 13.2 Å². The van der Waals surface area contributed by atoms with Gasteiger partial charge < -0.3 is 19.7 Å². The third-order valence-corrected chi connectivity index (χ3v) is 8.17. The van der Waals surface area contributed by atoms with E-state index in [1.165, 1.54) is 34.4 Å². The lowest BCUT2D eigenvalue weighted by Gasteiger charge is -2.34. The maximum atomic E-state index is 11.9. The van der Waals surface area contributed by atoms with Crippen LogP contribution in [0.4, 0.5) is 0 Å². The Morgan fingerprint density at radius 3 is 1.38 bits per heavy atom. The molecule has 2 unspecified atom stereocenters. The first kappa shape index (κ1) is 31.6. The molecule has 230 valence electrons. The number of ketones is 2. The molecule has 4 aromatic rings. The van der Waals surface area contributed by atoms with Crippen LogP contribution < -0.4 is 9.47 Å². The summed E-state index contributed by atoms with van der Waals surface area (Å²) in [6.45, 7) is 3.90. The number of carbonyl (C=O) groups excluding carboxylic acids is 2. The molecular weight excluding hydrogens is 564 g/mol. The van der Waals surface area contributed by atoms with E-state index in [-0.39, 0.29) is 37.6 Å². The molecule has 0 heterocycles. The number of aliphatic hydroxyl groups excluding tert-OH is 2. The molecule has 4 aromatic carbocycles. The SMILES string of the molecule is CC=CC(=O)C(O)CCOc1ccc(C2(c3ccc(OCCC(O)C(=O)C=CC)cc3)c3ccccc3-c3ccccc32)cc1. The van der Waals surface area contributed by atoms with Crippen molar-refractivity contribution in [1.82, 2.24) is 0 Å². The largest absolute Gasteiger partial charge is 0.493 e. The van der Waals surface area contributed by atoms with E-state index < -0.39 is 17.6 Å². The Hall–Kier alpha value is -4.78. The van der Waals surface area contributed by atoms with Crippen LogP contribution in [0.2, 0.25) is 0 Å². The summed E-state index contributed by atoms with van der Waals surface area (Å²) in [6.07, 6.45) is 4.19. The van der Waals surface area contributed by atoms with Crippen LogP contribution in [0.1, 0.15) is 48.9 Å². The molecule has 1 aliphatic rings. The van der Waals surface area contributed by atoms with Crippen molar-refractivity contribution < 1.29 is 29.3 Å². The van der Waals surface area contributed by atoms with E-state index in [2.05, 4.69) is 72.8 Å². The molecule has 45 heavy (non-hydrogen) atoms. The van der Waals surface area contributed by atoms with Crippen LogP contribution in [0.5, 0.6) is 11.5 Å². The predicted octanol–water partition coefficient (Wildman–Crippen LogP) is 6.60. The van der Waals surface area contributed by atoms with Gasteiger partial charge >= 0.3 is 0 Å². The number of carbonyl (C=O) groups is 2. The Labute approximate surface area is 264 Å². The minimum absolute atomic E-state index is 0.203. The number of aliphatic hydroxyl groups is 2. The van der Waals surface area contributed by atoms with Gasteiger partial charge in [-0.2, -0.15) is 0 Å². The third kappa shape index (κ3) is 6.53. The van der Waals surface area contributed by atoms with E-state index in [4.69, 9.17) is 9.47 Å². The smallest absolute Gasteiger partial charge is 0.183 e. The lowest BCUT2D eigenvalue weighted by Crippen LogP contribution is -2.28. The molecule has 0 radical (unpaired) electrons. The Bertz CT molecular complexity index is 1560. The fourth-order valence-electron chi connectivity index (χ4n) is 6.04. The molecule has 6 heteroatoms. The van der Waals surface area contributed by atoms with E-state index in [1.54, 1.807) is 26.0 Å². The summed E-state index contributed by atoms with van der Waals surface area (Å²) >= 11 is 0. The second-order valence-corrected chi connectivity index (χ2v) is 11.0. The molecule has 2 atom stereocenters. The van der Waals surface area contributed by atoms with Crippen molar-refractivity contribution >= 4 is 11.6 Å². The fourth-order valence-corrected chi connectivity index (χ4v) is 6.04. The molecule has 0 saturated carbocycles. The quantitative estimate of drug-likeness (QED) is 0.139. The fraction of sp³-hybridized carbons (Fsp3) is 0.231. The van der Waals surface area contributed by atoms with Gasteiger partial charge in [0.15, 0.2) is 11.6 Å². The summed E-state index contributed by atoms with van der Waals surface area (Å²) in [5, 5.41) is 20.2. The molecule has 0 saturated heterocycles. The van der Waals surface area contributed by atoms with Gasteiger partial charge in [-0.05, 0) is 83.6 Å². The molecule has 0 aliphatic heterocycles. The van der Waals surface area contributed by atoms with Gasteiger partial charge in [0, 0.05) is 12.8 Å². The molecule has 0 spiro atoms. The molecule has 2 N–H and O–H groups in total. The highest BCUT2D eigenvalue weighted by molar-refractivity contribution is 5.93. The zero-order chi connectivity index (χ0) is 31.8. The highest BCUT2D eigenvalue weighted by atomic mass is 16.5. The molecule has 0 amide bonds. The van der Waals surface area contributed by atoms with E-state index >= 15 is 0 Å². The van der Waals surface area contributed by atoms with E-state index in [0.717, 1.165) is 11.1 Å². The Morgan fingerprint density at radius 1 is 0.622 bits per heavy atom.